The Hall–Kier alpha value is -0.540. The maximum atomic E-state index is 4.34. The van der Waals surface area contributed by atoms with Crippen LogP contribution in [0.2, 0.25) is 0 Å². The minimum atomic E-state index is 0.835. The van der Waals surface area contributed by atoms with Crippen LogP contribution in [0, 0.1) is 12.8 Å². The Kier molecular flexibility index (Phi) is 3.43. The highest BCUT2D eigenvalue weighted by Crippen LogP contribution is 2.21. The van der Waals surface area contributed by atoms with E-state index in [2.05, 4.69) is 23.3 Å². The summed E-state index contributed by atoms with van der Waals surface area (Å²) in [7, 11) is 0. The molecule has 0 aromatic carbocycles. The lowest BCUT2D eigenvalue weighted by molar-refractivity contribution is 0.662. The van der Waals surface area contributed by atoms with Crippen molar-refractivity contribution in [3.8, 4) is 0 Å². The summed E-state index contributed by atoms with van der Waals surface area (Å²) < 4.78 is 0. The van der Waals surface area contributed by atoms with Gasteiger partial charge < -0.3 is 5.32 Å². The third-order valence-electron chi connectivity index (χ3n) is 2.52. The largest absolute Gasteiger partial charge is 0.316 e. The monoisotopic (exact) mass is 208 g/mol. The highest BCUT2D eigenvalue weighted by atomic mass is 32.2. The van der Waals surface area contributed by atoms with Crippen LogP contribution in [-0.2, 0) is 0 Å². The minimum absolute atomic E-state index is 0.835. The molecule has 0 unspecified atom stereocenters. The van der Waals surface area contributed by atoms with Gasteiger partial charge in [-0.1, -0.05) is 0 Å². The molecule has 0 aliphatic carbocycles. The molecule has 1 aromatic heterocycles. The van der Waals surface area contributed by atoms with Crippen LogP contribution < -0.4 is 5.32 Å². The molecule has 14 heavy (non-hydrogen) atoms. The van der Waals surface area contributed by atoms with Crippen LogP contribution in [-0.4, -0.2) is 23.8 Å². The topological polar surface area (TPSA) is 24.9 Å². The first-order valence-electron chi connectivity index (χ1n) is 5.11. The molecule has 2 heterocycles. The molecule has 1 aromatic rings. The van der Waals surface area contributed by atoms with E-state index in [1.165, 1.54) is 30.8 Å². The van der Waals surface area contributed by atoms with E-state index in [9.17, 15) is 0 Å². The van der Waals surface area contributed by atoms with Gasteiger partial charge in [-0.05, 0) is 50.0 Å². The van der Waals surface area contributed by atoms with Crippen LogP contribution in [0.1, 0.15) is 12.0 Å². The van der Waals surface area contributed by atoms with Crippen LogP contribution in [0.25, 0.3) is 0 Å². The summed E-state index contributed by atoms with van der Waals surface area (Å²) >= 11 is 1.88. The summed E-state index contributed by atoms with van der Waals surface area (Å²) in [6.07, 6.45) is 3.21. The van der Waals surface area contributed by atoms with E-state index in [1.807, 2.05) is 24.0 Å². The summed E-state index contributed by atoms with van der Waals surface area (Å²) in [4.78, 5) is 4.34. The van der Waals surface area contributed by atoms with E-state index in [1.54, 1.807) is 0 Å². The van der Waals surface area contributed by atoms with E-state index < -0.39 is 0 Å². The minimum Gasteiger partial charge on any atom is -0.316 e. The first-order chi connectivity index (χ1) is 6.84. The van der Waals surface area contributed by atoms with Crippen molar-refractivity contribution < 1.29 is 0 Å². The smallest absolute Gasteiger partial charge is 0.0962 e. The molecule has 1 aliphatic rings. The van der Waals surface area contributed by atoms with Crippen molar-refractivity contribution in [1.82, 2.24) is 10.3 Å². The fourth-order valence-corrected chi connectivity index (χ4v) is 2.74. The van der Waals surface area contributed by atoms with Crippen molar-refractivity contribution in [3.63, 3.8) is 0 Å². The van der Waals surface area contributed by atoms with Crippen molar-refractivity contribution in [1.29, 1.82) is 0 Å². The maximum absolute atomic E-state index is 4.34. The van der Waals surface area contributed by atoms with Gasteiger partial charge in [0.25, 0.3) is 0 Å². The molecule has 0 bridgehead atoms. The SMILES string of the molecule is Cc1ccnc(SC[C@H]2CCNC2)c1. The number of nitrogens with zero attached hydrogens (tertiary/aromatic N) is 1. The van der Waals surface area contributed by atoms with Gasteiger partial charge in [0.2, 0.25) is 0 Å². The second kappa shape index (κ2) is 4.80. The highest BCUT2D eigenvalue weighted by Gasteiger charge is 2.14. The average molecular weight is 208 g/mol. The lowest BCUT2D eigenvalue weighted by Gasteiger charge is -2.06. The number of pyridine rings is 1. The van der Waals surface area contributed by atoms with Crippen molar-refractivity contribution in [2.24, 2.45) is 5.92 Å². The van der Waals surface area contributed by atoms with Gasteiger partial charge in [-0.25, -0.2) is 4.98 Å². The van der Waals surface area contributed by atoms with Crippen molar-refractivity contribution >= 4 is 11.8 Å². The van der Waals surface area contributed by atoms with Crippen molar-refractivity contribution in [3.05, 3.63) is 23.9 Å². The number of thioether (sulfide) groups is 1. The van der Waals surface area contributed by atoms with Crippen LogP contribution >= 0.6 is 11.8 Å². The third-order valence-corrected chi connectivity index (χ3v) is 3.68. The molecule has 3 heteroatoms. The lowest BCUT2D eigenvalue weighted by atomic mass is 10.2. The van der Waals surface area contributed by atoms with E-state index in [-0.39, 0.29) is 0 Å². The van der Waals surface area contributed by atoms with Crippen molar-refractivity contribution in [2.75, 3.05) is 18.8 Å². The first-order valence-corrected chi connectivity index (χ1v) is 6.09. The molecule has 0 amide bonds. The summed E-state index contributed by atoms with van der Waals surface area (Å²) in [6, 6.07) is 4.20. The van der Waals surface area contributed by atoms with E-state index in [0.717, 1.165) is 10.9 Å². The summed E-state index contributed by atoms with van der Waals surface area (Å²) in [5.41, 5.74) is 1.30. The molecule has 0 spiro atoms. The number of aromatic nitrogens is 1. The molecule has 2 nitrogen and oxygen atoms in total. The highest BCUT2D eigenvalue weighted by molar-refractivity contribution is 7.99. The summed E-state index contributed by atoms with van der Waals surface area (Å²) in [5.74, 6) is 2.03. The second-order valence-corrected chi connectivity index (χ2v) is 4.88. The molecule has 1 fully saturated rings. The number of hydrogen-bond acceptors (Lipinski definition) is 3. The van der Waals surface area contributed by atoms with E-state index in [4.69, 9.17) is 0 Å². The molecule has 76 valence electrons. The Labute approximate surface area is 89.5 Å². The molecule has 1 saturated heterocycles. The van der Waals surface area contributed by atoms with Gasteiger partial charge in [0, 0.05) is 11.9 Å². The van der Waals surface area contributed by atoms with Gasteiger partial charge in [0.05, 0.1) is 5.03 Å². The predicted octanol–water partition coefficient (Wildman–Crippen LogP) is 2.09. The standard InChI is InChI=1S/C11H16N2S/c1-9-2-5-13-11(6-9)14-8-10-3-4-12-7-10/h2,5-6,10,12H,3-4,7-8H2,1H3/t10-/m0/s1. The Morgan fingerprint density at radius 3 is 3.29 bits per heavy atom. The Bertz CT molecular complexity index is 295. The molecular formula is C11H16N2S. The Morgan fingerprint density at radius 2 is 2.57 bits per heavy atom. The molecule has 1 aliphatic heterocycles. The third kappa shape index (κ3) is 2.72. The number of nitrogens with one attached hydrogen (secondary N) is 1. The van der Waals surface area contributed by atoms with Crippen LogP contribution in [0.3, 0.4) is 0 Å². The molecular weight excluding hydrogens is 192 g/mol. The van der Waals surface area contributed by atoms with Gasteiger partial charge in [-0.3, -0.25) is 0 Å². The first kappa shape index (κ1) is 9.99. The Balaban J connectivity index is 1.85. The zero-order chi connectivity index (χ0) is 9.80. The number of rotatable bonds is 3. The molecule has 1 N–H and O–H groups in total. The Morgan fingerprint density at radius 1 is 1.64 bits per heavy atom. The fourth-order valence-electron chi connectivity index (χ4n) is 1.65. The van der Waals surface area contributed by atoms with Crippen LogP contribution in [0.15, 0.2) is 23.4 Å². The second-order valence-electron chi connectivity index (χ2n) is 3.84. The van der Waals surface area contributed by atoms with E-state index in [0.29, 0.717) is 0 Å². The molecule has 0 saturated carbocycles. The molecule has 1 atom stereocenters. The van der Waals surface area contributed by atoms with Crippen molar-refractivity contribution in [2.45, 2.75) is 18.4 Å². The summed E-state index contributed by atoms with van der Waals surface area (Å²) in [5, 5.41) is 4.55. The van der Waals surface area contributed by atoms with Gasteiger partial charge >= 0.3 is 0 Å². The number of hydrogen-bond donors (Lipinski definition) is 1. The van der Waals surface area contributed by atoms with Gasteiger partial charge in [-0.15, -0.1) is 11.8 Å². The normalized spacial score (nSPS) is 21.4. The van der Waals surface area contributed by atoms with E-state index >= 15 is 0 Å². The fraction of sp³-hybridized carbons (Fsp3) is 0.545. The maximum Gasteiger partial charge on any atom is 0.0962 e. The molecule has 2 rings (SSSR count). The lowest BCUT2D eigenvalue weighted by Crippen LogP contribution is -2.10. The number of aryl methyl sites for hydroxylation is 1. The summed E-state index contributed by atoms with van der Waals surface area (Å²) in [6.45, 7) is 4.48. The quantitative estimate of drug-likeness (QED) is 0.770. The zero-order valence-electron chi connectivity index (χ0n) is 8.49. The zero-order valence-corrected chi connectivity index (χ0v) is 9.31. The average Bonchev–Trinajstić information content (AvgIpc) is 2.67. The predicted molar refractivity (Wildman–Crippen MR) is 60.7 cm³/mol. The molecule has 0 radical (unpaired) electrons. The van der Waals surface area contributed by atoms with Crippen LogP contribution in [0.4, 0.5) is 0 Å². The van der Waals surface area contributed by atoms with Gasteiger partial charge in [0.15, 0.2) is 0 Å². The van der Waals surface area contributed by atoms with Gasteiger partial charge in [0.1, 0.15) is 0 Å². The van der Waals surface area contributed by atoms with Crippen LogP contribution in [0.5, 0.6) is 0 Å². The van der Waals surface area contributed by atoms with Gasteiger partial charge in [-0.2, -0.15) is 0 Å².